The van der Waals surface area contributed by atoms with Crippen molar-refractivity contribution in [2.24, 2.45) is 0 Å². The molecule has 3 aromatic rings. The van der Waals surface area contributed by atoms with Crippen molar-refractivity contribution in [2.75, 3.05) is 0 Å². The number of thiophene rings is 1. The summed E-state index contributed by atoms with van der Waals surface area (Å²) in [5, 5.41) is 2.69. The normalized spacial score (nSPS) is 10.8. The topological polar surface area (TPSA) is 25.8 Å². The molecule has 2 nitrogen and oxygen atoms in total. The minimum Gasteiger partial charge on any atom is -0.285 e. The van der Waals surface area contributed by atoms with Crippen molar-refractivity contribution in [2.45, 2.75) is 13.6 Å². The molecule has 0 atom stereocenters. The zero-order valence-corrected chi connectivity index (χ0v) is 12.9. The molecule has 0 spiro atoms. The smallest absolute Gasteiger partial charge is 0.285 e. The van der Waals surface area contributed by atoms with E-state index >= 15 is 0 Å². The van der Waals surface area contributed by atoms with Gasteiger partial charge in [0.25, 0.3) is 0 Å². The molecule has 0 saturated heterocycles. The number of rotatable bonds is 1. The maximum absolute atomic E-state index is 12.5. The van der Waals surface area contributed by atoms with Gasteiger partial charge in [0.2, 0.25) is 0 Å². The Morgan fingerprint density at radius 3 is 2.48 bits per heavy atom. The third kappa shape index (κ3) is 3.48. The average molecular weight is 488 g/mol. The SMILES string of the molecule is C.FC(F)(F)c1c[c-]c(-c2ncnc3sccc23)cc1.[Ir]. The maximum Gasteiger partial charge on any atom is 0.381 e. The molecule has 0 aliphatic rings. The van der Waals surface area contributed by atoms with Crippen LogP contribution < -0.4 is 0 Å². The van der Waals surface area contributed by atoms with Gasteiger partial charge < -0.3 is 0 Å². The standard InChI is InChI=1S/C13H6F3N2S.CH4.Ir/c14-13(15,16)9-3-1-8(2-4-9)11-10-5-6-19-12(10)18-7-17-11;;/h1,3-7H;1H4;/q-1;;. The summed E-state index contributed by atoms with van der Waals surface area (Å²) < 4.78 is 37.4. The Labute approximate surface area is 137 Å². The maximum atomic E-state index is 12.5. The largest absolute Gasteiger partial charge is 0.381 e. The summed E-state index contributed by atoms with van der Waals surface area (Å²) in [7, 11) is 0. The molecule has 1 radical (unpaired) electrons. The number of alkyl halides is 3. The number of aromatic nitrogens is 2. The van der Waals surface area contributed by atoms with Crippen LogP contribution in [0.5, 0.6) is 0 Å². The zero-order chi connectivity index (χ0) is 13.5. The summed E-state index contributed by atoms with van der Waals surface area (Å²) in [4.78, 5) is 9.03. The van der Waals surface area contributed by atoms with Gasteiger partial charge in [0.15, 0.2) is 0 Å². The van der Waals surface area contributed by atoms with E-state index in [9.17, 15) is 13.2 Å². The van der Waals surface area contributed by atoms with E-state index in [-0.39, 0.29) is 27.5 Å². The second kappa shape index (κ2) is 6.64. The first-order chi connectivity index (χ1) is 9.05. The molecule has 0 saturated carbocycles. The van der Waals surface area contributed by atoms with Crippen LogP contribution in [0, 0.1) is 6.07 Å². The van der Waals surface area contributed by atoms with Gasteiger partial charge in [-0.3, -0.25) is 4.98 Å². The van der Waals surface area contributed by atoms with Crippen molar-refractivity contribution in [1.82, 2.24) is 9.97 Å². The molecule has 0 aliphatic carbocycles. The first-order valence-electron chi connectivity index (χ1n) is 5.33. The molecule has 21 heavy (non-hydrogen) atoms. The van der Waals surface area contributed by atoms with Crippen molar-refractivity contribution in [3.8, 4) is 11.3 Å². The van der Waals surface area contributed by atoms with E-state index in [1.54, 1.807) is 0 Å². The molecule has 0 bridgehead atoms. The van der Waals surface area contributed by atoms with Crippen molar-refractivity contribution in [3.63, 3.8) is 0 Å². The summed E-state index contributed by atoms with van der Waals surface area (Å²) >= 11 is 1.46. The van der Waals surface area contributed by atoms with Crippen molar-refractivity contribution < 1.29 is 33.3 Å². The van der Waals surface area contributed by atoms with E-state index in [1.165, 1.54) is 23.7 Å². The molecule has 7 heteroatoms. The second-order valence-electron chi connectivity index (χ2n) is 3.85. The Hall–Kier alpha value is -1.30. The van der Waals surface area contributed by atoms with Crippen molar-refractivity contribution in [3.05, 3.63) is 47.6 Å². The van der Waals surface area contributed by atoms with Gasteiger partial charge in [-0.1, -0.05) is 7.43 Å². The first kappa shape index (κ1) is 17.8. The average Bonchev–Trinajstić information content (AvgIpc) is 2.86. The zero-order valence-electron chi connectivity index (χ0n) is 9.73. The van der Waals surface area contributed by atoms with Gasteiger partial charge in [-0.05, 0) is 28.1 Å². The third-order valence-electron chi connectivity index (χ3n) is 2.66. The fraction of sp³-hybridized carbons (Fsp3) is 0.143. The van der Waals surface area contributed by atoms with Crippen LogP contribution in [0.2, 0.25) is 0 Å². The predicted octanol–water partition coefficient (Wildman–Crippen LogP) is 4.81. The molecule has 0 N–H and O–H groups in total. The van der Waals surface area contributed by atoms with Gasteiger partial charge in [-0.2, -0.15) is 13.2 Å². The monoisotopic (exact) mass is 488 g/mol. The van der Waals surface area contributed by atoms with Gasteiger partial charge in [0.05, 0.1) is 0 Å². The van der Waals surface area contributed by atoms with Crippen LogP contribution in [0.15, 0.2) is 36.0 Å². The number of nitrogens with zero attached hydrogens (tertiary/aromatic N) is 2. The number of fused-ring (bicyclic) bond motifs is 1. The molecular weight excluding hydrogens is 477 g/mol. The summed E-state index contributed by atoms with van der Waals surface area (Å²) in [5.41, 5.74) is 0.408. The summed E-state index contributed by atoms with van der Waals surface area (Å²) in [6.45, 7) is 0. The van der Waals surface area contributed by atoms with Crippen LogP contribution in [-0.2, 0) is 26.3 Å². The molecule has 2 heterocycles. The summed E-state index contributed by atoms with van der Waals surface area (Å²) in [6, 6.07) is 7.84. The summed E-state index contributed by atoms with van der Waals surface area (Å²) in [5.74, 6) is 0. The van der Waals surface area contributed by atoms with Crippen LogP contribution in [-0.4, -0.2) is 9.97 Å². The molecule has 2 aromatic heterocycles. The van der Waals surface area contributed by atoms with Gasteiger partial charge in [0, 0.05) is 20.1 Å². The van der Waals surface area contributed by atoms with Gasteiger partial charge in [-0.15, -0.1) is 41.2 Å². The van der Waals surface area contributed by atoms with Gasteiger partial charge in [0.1, 0.15) is 11.2 Å². The number of benzene rings is 1. The van der Waals surface area contributed by atoms with Gasteiger partial charge in [-0.25, -0.2) is 4.98 Å². The molecule has 3 rings (SSSR count). The molecule has 0 amide bonds. The minimum atomic E-state index is -4.35. The molecule has 0 unspecified atom stereocenters. The predicted molar refractivity (Wildman–Crippen MR) is 73.4 cm³/mol. The van der Waals surface area contributed by atoms with E-state index in [1.807, 2.05) is 11.4 Å². The fourth-order valence-electron chi connectivity index (χ4n) is 1.75. The molecule has 113 valence electrons. The Bertz CT molecular complexity index is 723. The van der Waals surface area contributed by atoms with E-state index in [4.69, 9.17) is 0 Å². The van der Waals surface area contributed by atoms with E-state index in [2.05, 4.69) is 16.0 Å². The molecule has 0 aliphatic heterocycles. The van der Waals surface area contributed by atoms with E-state index < -0.39 is 11.7 Å². The Balaban J connectivity index is 0.00000110. The van der Waals surface area contributed by atoms with Crippen LogP contribution >= 0.6 is 11.3 Å². The second-order valence-corrected chi connectivity index (χ2v) is 4.75. The Kier molecular flexibility index (Phi) is 5.61. The summed E-state index contributed by atoms with van der Waals surface area (Å²) in [6.07, 6.45) is -2.95. The number of hydrogen-bond donors (Lipinski definition) is 0. The Morgan fingerprint density at radius 1 is 1.10 bits per heavy atom. The van der Waals surface area contributed by atoms with E-state index in [0.29, 0.717) is 11.3 Å². The number of halogens is 3. The molecular formula is C14H10F3IrN2S-. The van der Waals surface area contributed by atoms with Crippen LogP contribution in [0.4, 0.5) is 13.2 Å². The molecule has 1 aromatic carbocycles. The first-order valence-corrected chi connectivity index (χ1v) is 6.21. The van der Waals surface area contributed by atoms with Gasteiger partial charge >= 0.3 is 6.18 Å². The van der Waals surface area contributed by atoms with Crippen LogP contribution in [0.3, 0.4) is 0 Å². The van der Waals surface area contributed by atoms with Crippen LogP contribution in [0.1, 0.15) is 13.0 Å². The van der Waals surface area contributed by atoms with Crippen molar-refractivity contribution in [1.29, 1.82) is 0 Å². The number of hydrogen-bond acceptors (Lipinski definition) is 3. The fourth-order valence-corrected chi connectivity index (χ4v) is 2.49. The molecule has 0 fully saturated rings. The minimum absolute atomic E-state index is 0. The van der Waals surface area contributed by atoms with Crippen molar-refractivity contribution >= 4 is 21.6 Å². The van der Waals surface area contributed by atoms with Crippen LogP contribution in [0.25, 0.3) is 21.5 Å². The third-order valence-corrected chi connectivity index (χ3v) is 3.48. The Morgan fingerprint density at radius 2 is 1.86 bits per heavy atom. The quantitative estimate of drug-likeness (QED) is 0.461. The van der Waals surface area contributed by atoms with E-state index in [0.717, 1.165) is 22.3 Å².